The third-order valence-corrected chi connectivity index (χ3v) is 5.44. The molecular weight excluding hydrogens is 508 g/mol. The molecule has 0 spiro atoms. The first-order chi connectivity index (χ1) is 17.9. The highest BCUT2D eigenvalue weighted by molar-refractivity contribution is 6.09. The Balaban J connectivity index is 1.79. The van der Waals surface area contributed by atoms with Crippen LogP contribution in [0.25, 0.3) is 6.08 Å². The molecule has 13 heteroatoms. The van der Waals surface area contributed by atoms with Crippen molar-refractivity contribution < 1.29 is 64.0 Å². The highest BCUT2D eigenvalue weighted by atomic mass is 16.7. The summed E-state index contributed by atoms with van der Waals surface area (Å²) in [6.45, 7) is 1.72. The van der Waals surface area contributed by atoms with Crippen LogP contribution in [-0.2, 0) is 23.8 Å². The summed E-state index contributed by atoms with van der Waals surface area (Å²) >= 11 is 0. The first-order valence-corrected chi connectivity index (χ1v) is 11.2. The topological polar surface area (TPSA) is 210 Å². The van der Waals surface area contributed by atoms with Crippen LogP contribution >= 0.6 is 0 Å². The zero-order valence-corrected chi connectivity index (χ0v) is 20.2. The fraction of sp³-hybridized carbons (Fsp3) is 0.320. The number of esters is 2. The van der Waals surface area contributed by atoms with Gasteiger partial charge in [-0.2, -0.15) is 0 Å². The fourth-order valence-electron chi connectivity index (χ4n) is 3.56. The average Bonchev–Trinajstić information content (AvgIpc) is 2.85. The minimum Gasteiger partial charge on any atom is -0.504 e. The summed E-state index contributed by atoms with van der Waals surface area (Å²) in [5.41, 5.74) is 0.0524. The van der Waals surface area contributed by atoms with Crippen molar-refractivity contribution in [1.82, 2.24) is 0 Å². The normalized spacial score (nSPS) is 23.1. The standard InChI is InChI=1S/C25H26O13/c1-11(26)35-10-19-24(36-12(2)27)22(33)23(34)25(38-19)37-18-8-5-14(20(31)21(18)32)15(28)6-3-13-4-7-16(29)17(30)9-13/h3-9,19,22-25,29-34H,10H2,1-2H3/b6-3+/t19-,22+,23+,24+,25+/m0/s1. The van der Waals surface area contributed by atoms with Gasteiger partial charge in [-0.3, -0.25) is 14.4 Å². The quantitative estimate of drug-likeness (QED) is 0.120. The molecule has 0 radical (unpaired) electrons. The van der Waals surface area contributed by atoms with Gasteiger partial charge in [-0.15, -0.1) is 0 Å². The van der Waals surface area contributed by atoms with E-state index in [0.29, 0.717) is 5.56 Å². The maximum atomic E-state index is 12.5. The van der Waals surface area contributed by atoms with Gasteiger partial charge in [0.1, 0.15) is 24.9 Å². The monoisotopic (exact) mass is 534 g/mol. The van der Waals surface area contributed by atoms with E-state index in [0.717, 1.165) is 32.1 Å². The molecule has 0 aromatic heterocycles. The molecule has 38 heavy (non-hydrogen) atoms. The van der Waals surface area contributed by atoms with Gasteiger partial charge in [0.25, 0.3) is 0 Å². The van der Waals surface area contributed by atoms with Gasteiger partial charge in [-0.1, -0.05) is 12.1 Å². The molecule has 13 nitrogen and oxygen atoms in total. The summed E-state index contributed by atoms with van der Waals surface area (Å²) in [5, 5.41) is 60.6. The fourth-order valence-corrected chi connectivity index (χ4v) is 3.56. The smallest absolute Gasteiger partial charge is 0.303 e. The summed E-state index contributed by atoms with van der Waals surface area (Å²) in [7, 11) is 0. The van der Waals surface area contributed by atoms with Crippen LogP contribution in [0.2, 0.25) is 0 Å². The van der Waals surface area contributed by atoms with E-state index in [1.165, 1.54) is 24.3 Å². The molecule has 0 amide bonds. The van der Waals surface area contributed by atoms with E-state index < -0.39 is 78.0 Å². The number of benzene rings is 2. The Morgan fingerprint density at radius 3 is 2.26 bits per heavy atom. The van der Waals surface area contributed by atoms with Gasteiger partial charge in [0.05, 0.1) is 5.56 Å². The molecule has 1 aliphatic rings. The summed E-state index contributed by atoms with van der Waals surface area (Å²) < 4.78 is 20.8. The van der Waals surface area contributed by atoms with E-state index in [9.17, 15) is 45.0 Å². The van der Waals surface area contributed by atoms with Gasteiger partial charge in [0, 0.05) is 13.8 Å². The van der Waals surface area contributed by atoms with Crippen molar-refractivity contribution in [3.63, 3.8) is 0 Å². The maximum absolute atomic E-state index is 12.5. The predicted octanol–water partition coefficient (Wildman–Crippen LogP) is 0.725. The highest BCUT2D eigenvalue weighted by Gasteiger charge is 2.48. The second-order valence-electron chi connectivity index (χ2n) is 8.27. The van der Waals surface area contributed by atoms with Gasteiger partial charge in [-0.25, -0.2) is 0 Å². The lowest BCUT2D eigenvalue weighted by Gasteiger charge is -2.41. The lowest BCUT2D eigenvalue weighted by atomic mass is 9.99. The Bertz CT molecular complexity index is 1240. The number of carbonyl (C=O) groups is 3. The van der Waals surface area contributed by atoms with Crippen LogP contribution in [0.5, 0.6) is 28.7 Å². The largest absolute Gasteiger partial charge is 0.504 e. The second-order valence-corrected chi connectivity index (χ2v) is 8.27. The van der Waals surface area contributed by atoms with E-state index in [1.807, 2.05) is 0 Å². The number of aromatic hydroxyl groups is 4. The van der Waals surface area contributed by atoms with Crippen molar-refractivity contribution in [2.24, 2.45) is 0 Å². The molecule has 1 saturated heterocycles. The third kappa shape index (κ3) is 6.51. The van der Waals surface area contributed by atoms with E-state index in [4.69, 9.17) is 18.9 Å². The Labute approximate surface area is 215 Å². The molecule has 2 aromatic carbocycles. The van der Waals surface area contributed by atoms with Crippen molar-refractivity contribution in [2.75, 3.05) is 6.61 Å². The van der Waals surface area contributed by atoms with Crippen LogP contribution in [-0.4, -0.2) is 85.7 Å². The van der Waals surface area contributed by atoms with Gasteiger partial charge >= 0.3 is 11.9 Å². The van der Waals surface area contributed by atoms with Gasteiger partial charge in [-0.05, 0) is 35.9 Å². The number of ketones is 1. The molecule has 0 unspecified atom stereocenters. The van der Waals surface area contributed by atoms with E-state index >= 15 is 0 Å². The van der Waals surface area contributed by atoms with Crippen molar-refractivity contribution >= 4 is 23.8 Å². The van der Waals surface area contributed by atoms with Crippen LogP contribution in [0.15, 0.2) is 36.4 Å². The van der Waals surface area contributed by atoms with Crippen LogP contribution in [0.3, 0.4) is 0 Å². The molecule has 6 N–H and O–H groups in total. The first kappa shape index (κ1) is 28.2. The van der Waals surface area contributed by atoms with Crippen molar-refractivity contribution in [1.29, 1.82) is 0 Å². The molecule has 3 rings (SSSR count). The predicted molar refractivity (Wildman–Crippen MR) is 126 cm³/mol. The van der Waals surface area contributed by atoms with E-state index in [1.54, 1.807) is 0 Å². The molecule has 0 aliphatic carbocycles. The van der Waals surface area contributed by atoms with Crippen molar-refractivity contribution in [3.8, 4) is 28.7 Å². The molecule has 204 valence electrons. The molecule has 1 aliphatic heterocycles. The summed E-state index contributed by atoms with van der Waals surface area (Å²) in [6.07, 6.45) is -5.53. The molecule has 1 fully saturated rings. The minimum atomic E-state index is -1.81. The average molecular weight is 534 g/mol. The van der Waals surface area contributed by atoms with Gasteiger partial charge in [0.15, 0.2) is 34.9 Å². The Kier molecular flexibility index (Phi) is 8.78. The molecular formula is C25H26O13. The first-order valence-electron chi connectivity index (χ1n) is 11.2. The maximum Gasteiger partial charge on any atom is 0.303 e. The van der Waals surface area contributed by atoms with Crippen LogP contribution < -0.4 is 4.74 Å². The molecule has 1 heterocycles. The van der Waals surface area contributed by atoms with E-state index in [-0.39, 0.29) is 11.3 Å². The number of hydrogen-bond acceptors (Lipinski definition) is 13. The number of aliphatic hydroxyl groups excluding tert-OH is 2. The molecule has 0 bridgehead atoms. The lowest BCUT2D eigenvalue weighted by molar-refractivity contribution is -0.282. The SMILES string of the molecule is CC(=O)OC[C@@H]1O[C@@H](Oc2ccc(C(=O)/C=C/c3ccc(O)c(O)c3)c(O)c2O)[C@H](O)[C@@H](O)[C@@H]1OC(C)=O. The van der Waals surface area contributed by atoms with Crippen molar-refractivity contribution in [3.05, 3.63) is 47.5 Å². The highest BCUT2D eigenvalue weighted by Crippen LogP contribution is 2.40. The molecule has 0 saturated carbocycles. The Morgan fingerprint density at radius 1 is 0.921 bits per heavy atom. The number of hydrogen-bond donors (Lipinski definition) is 6. The van der Waals surface area contributed by atoms with Gasteiger partial charge in [0.2, 0.25) is 12.0 Å². The number of phenolic OH excluding ortho intramolecular Hbond substituents is 4. The summed E-state index contributed by atoms with van der Waals surface area (Å²) in [5.74, 6) is -5.12. The van der Waals surface area contributed by atoms with Crippen LogP contribution in [0, 0.1) is 0 Å². The zero-order chi connectivity index (χ0) is 28.1. The Hall–Kier alpha value is -4.33. The van der Waals surface area contributed by atoms with E-state index in [2.05, 4.69) is 0 Å². The summed E-state index contributed by atoms with van der Waals surface area (Å²) in [4.78, 5) is 35.2. The lowest BCUT2D eigenvalue weighted by Crippen LogP contribution is -2.61. The third-order valence-electron chi connectivity index (χ3n) is 5.44. The van der Waals surface area contributed by atoms with Crippen molar-refractivity contribution in [2.45, 2.75) is 44.6 Å². The number of phenols is 4. The number of aliphatic hydroxyl groups is 2. The van der Waals surface area contributed by atoms with Crippen LogP contribution in [0.4, 0.5) is 0 Å². The van der Waals surface area contributed by atoms with Crippen LogP contribution in [0.1, 0.15) is 29.8 Å². The second kappa shape index (κ2) is 11.8. The van der Waals surface area contributed by atoms with Gasteiger partial charge < -0.3 is 49.6 Å². The Morgan fingerprint density at radius 2 is 1.63 bits per heavy atom. The zero-order valence-electron chi connectivity index (χ0n) is 20.2. The molecule has 2 aromatic rings. The number of rotatable bonds is 8. The number of ether oxygens (including phenoxy) is 4. The summed E-state index contributed by atoms with van der Waals surface area (Å²) in [6, 6.07) is 6.08. The molecule has 5 atom stereocenters. The minimum absolute atomic E-state index is 0.318. The number of allylic oxidation sites excluding steroid dienone is 1. The number of carbonyl (C=O) groups excluding carboxylic acids is 3.